The summed E-state index contributed by atoms with van der Waals surface area (Å²) in [4.78, 5) is 0. The number of benzene rings is 1. The lowest BCUT2D eigenvalue weighted by Gasteiger charge is -2.07. The zero-order valence-corrected chi connectivity index (χ0v) is 10.1. The number of anilines is 1. The fourth-order valence-electron chi connectivity index (χ4n) is 1.30. The van der Waals surface area contributed by atoms with E-state index in [0.29, 0.717) is 12.1 Å². The largest absolute Gasteiger partial charge is 0.284 e. The van der Waals surface area contributed by atoms with Crippen LogP contribution in [0.1, 0.15) is 24.5 Å². The van der Waals surface area contributed by atoms with E-state index >= 15 is 0 Å². The number of nitrogens with one attached hydrogen (secondary N) is 1. The number of sulfonamides is 1. The molecule has 1 N–H and O–H groups in total. The molecule has 1 aromatic rings. The van der Waals surface area contributed by atoms with E-state index in [1.807, 2.05) is 12.1 Å². The fraction of sp³-hybridized carbons (Fsp3) is 0.273. The van der Waals surface area contributed by atoms with Crippen LogP contribution >= 0.6 is 0 Å². The lowest BCUT2D eigenvalue weighted by Crippen LogP contribution is -2.16. The highest BCUT2D eigenvalue weighted by molar-refractivity contribution is 7.92. The van der Waals surface area contributed by atoms with Crippen molar-refractivity contribution in [1.82, 2.24) is 0 Å². The Bertz CT molecular complexity index is 594. The van der Waals surface area contributed by atoms with Crippen LogP contribution in [0.3, 0.4) is 0 Å². The molecule has 1 rings (SSSR count). The molecule has 0 amide bonds. The fourth-order valence-corrected chi connectivity index (χ4v) is 2.42. The third kappa shape index (κ3) is 3.47. The molecule has 0 aliphatic carbocycles. The molecule has 88 valence electrons. The lowest BCUT2D eigenvalue weighted by molar-refractivity contribution is 0.600. The Balaban J connectivity index is 3.04. The molecule has 6 heteroatoms. The molecule has 0 spiro atoms. The van der Waals surface area contributed by atoms with Crippen molar-refractivity contribution in [1.29, 1.82) is 10.5 Å². The Morgan fingerprint density at radius 2 is 1.88 bits per heavy atom. The predicted octanol–water partition coefficient (Wildman–Crippen LogP) is 1.58. The smallest absolute Gasteiger partial charge is 0.232 e. The van der Waals surface area contributed by atoms with Gasteiger partial charge in [-0.1, -0.05) is 6.92 Å². The maximum absolute atomic E-state index is 11.5. The molecule has 1 aromatic carbocycles. The van der Waals surface area contributed by atoms with Gasteiger partial charge in [0, 0.05) is 5.69 Å². The minimum absolute atomic E-state index is 0.0227. The van der Waals surface area contributed by atoms with E-state index in [-0.39, 0.29) is 16.9 Å². The maximum atomic E-state index is 11.5. The van der Waals surface area contributed by atoms with Crippen molar-refractivity contribution in [3.8, 4) is 12.1 Å². The average molecular weight is 249 g/mol. The van der Waals surface area contributed by atoms with Crippen molar-refractivity contribution in [2.24, 2.45) is 0 Å². The minimum Gasteiger partial charge on any atom is -0.284 e. The molecular weight excluding hydrogens is 238 g/mol. The Morgan fingerprint density at radius 3 is 2.41 bits per heavy atom. The second-order valence-electron chi connectivity index (χ2n) is 3.40. The molecule has 17 heavy (non-hydrogen) atoms. The first-order valence-corrected chi connectivity index (χ1v) is 6.62. The molecule has 5 nitrogen and oxygen atoms in total. The van der Waals surface area contributed by atoms with Crippen molar-refractivity contribution in [3.05, 3.63) is 29.3 Å². The van der Waals surface area contributed by atoms with Crippen LogP contribution in [0, 0.1) is 22.7 Å². The zero-order valence-electron chi connectivity index (χ0n) is 9.27. The SMILES string of the molecule is CCCS(=O)(=O)Nc1ccc(C#N)c(C#N)c1. The Morgan fingerprint density at radius 1 is 1.24 bits per heavy atom. The molecule has 0 saturated carbocycles. The van der Waals surface area contributed by atoms with Gasteiger partial charge in [-0.15, -0.1) is 0 Å². The van der Waals surface area contributed by atoms with Crippen molar-refractivity contribution in [3.63, 3.8) is 0 Å². The van der Waals surface area contributed by atoms with E-state index in [4.69, 9.17) is 10.5 Å². The van der Waals surface area contributed by atoms with Crippen LogP contribution in [0.15, 0.2) is 18.2 Å². The highest BCUT2D eigenvalue weighted by Crippen LogP contribution is 2.16. The molecule has 0 aliphatic heterocycles. The quantitative estimate of drug-likeness (QED) is 0.876. The molecule has 0 aliphatic rings. The molecule has 0 saturated heterocycles. The predicted molar refractivity (Wildman–Crippen MR) is 63.6 cm³/mol. The van der Waals surface area contributed by atoms with Crippen molar-refractivity contribution in [2.45, 2.75) is 13.3 Å². The number of hydrogen-bond acceptors (Lipinski definition) is 4. The summed E-state index contributed by atoms with van der Waals surface area (Å²) in [6.07, 6.45) is 0.511. The molecule has 0 unspecified atom stereocenters. The summed E-state index contributed by atoms with van der Waals surface area (Å²) in [6, 6.07) is 7.95. The van der Waals surface area contributed by atoms with Gasteiger partial charge in [0.2, 0.25) is 10.0 Å². The lowest BCUT2D eigenvalue weighted by atomic mass is 10.1. The van der Waals surface area contributed by atoms with E-state index in [0.717, 1.165) is 0 Å². The van der Waals surface area contributed by atoms with E-state index in [9.17, 15) is 8.42 Å². The number of nitriles is 2. The van der Waals surface area contributed by atoms with Crippen molar-refractivity contribution < 1.29 is 8.42 Å². The summed E-state index contributed by atoms with van der Waals surface area (Å²) >= 11 is 0. The standard InChI is InChI=1S/C11H11N3O2S/c1-2-5-17(15,16)14-11-4-3-9(7-12)10(6-11)8-13/h3-4,6,14H,2,5H2,1H3. The number of rotatable bonds is 4. The van der Waals surface area contributed by atoms with Gasteiger partial charge in [-0.25, -0.2) is 8.42 Å². The van der Waals surface area contributed by atoms with Crippen molar-refractivity contribution >= 4 is 15.7 Å². The Labute approximate surface area is 100 Å². The van der Waals surface area contributed by atoms with Crippen LogP contribution in [-0.4, -0.2) is 14.2 Å². The van der Waals surface area contributed by atoms with Crippen LogP contribution in [-0.2, 0) is 10.0 Å². The number of nitrogens with zero attached hydrogens (tertiary/aromatic N) is 2. The third-order valence-electron chi connectivity index (χ3n) is 2.01. The maximum Gasteiger partial charge on any atom is 0.232 e. The van der Waals surface area contributed by atoms with Gasteiger partial charge in [0.15, 0.2) is 0 Å². The van der Waals surface area contributed by atoms with Gasteiger partial charge < -0.3 is 0 Å². The average Bonchev–Trinajstić information content (AvgIpc) is 2.28. The van der Waals surface area contributed by atoms with Gasteiger partial charge in [-0.2, -0.15) is 10.5 Å². The summed E-state index contributed by atoms with van der Waals surface area (Å²) < 4.78 is 25.3. The van der Waals surface area contributed by atoms with E-state index in [1.165, 1.54) is 18.2 Å². The first kappa shape index (κ1) is 13.0. The molecule has 0 bridgehead atoms. The van der Waals surface area contributed by atoms with Crippen LogP contribution < -0.4 is 4.72 Å². The third-order valence-corrected chi connectivity index (χ3v) is 3.50. The Hall–Kier alpha value is -2.05. The van der Waals surface area contributed by atoms with Crippen LogP contribution in [0.5, 0.6) is 0 Å². The zero-order chi connectivity index (χ0) is 12.9. The van der Waals surface area contributed by atoms with Gasteiger partial charge in [0.1, 0.15) is 12.1 Å². The second kappa shape index (κ2) is 5.33. The van der Waals surface area contributed by atoms with Crippen LogP contribution in [0.25, 0.3) is 0 Å². The topological polar surface area (TPSA) is 93.8 Å². The summed E-state index contributed by atoms with van der Waals surface area (Å²) in [5.41, 5.74) is 0.684. The van der Waals surface area contributed by atoms with Crippen molar-refractivity contribution in [2.75, 3.05) is 10.5 Å². The van der Waals surface area contributed by atoms with Crippen LogP contribution in [0.2, 0.25) is 0 Å². The first-order valence-electron chi connectivity index (χ1n) is 4.97. The van der Waals surface area contributed by atoms with Gasteiger partial charge in [0.05, 0.1) is 16.9 Å². The second-order valence-corrected chi connectivity index (χ2v) is 5.25. The van der Waals surface area contributed by atoms with Gasteiger partial charge in [-0.05, 0) is 24.6 Å². The first-order chi connectivity index (χ1) is 8.02. The van der Waals surface area contributed by atoms with E-state index < -0.39 is 10.0 Å². The molecule has 0 heterocycles. The molecule has 0 radical (unpaired) electrons. The minimum atomic E-state index is -3.37. The normalized spacial score (nSPS) is 10.3. The van der Waals surface area contributed by atoms with Crippen LogP contribution in [0.4, 0.5) is 5.69 Å². The molecule has 0 aromatic heterocycles. The highest BCUT2D eigenvalue weighted by atomic mass is 32.2. The molecule has 0 fully saturated rings. The molecular formula is C11H11N3O2S. The molecule has 0 atom stereocenters. The summed E-state index contributed by atoms with van der Waals surface area (Å²) in [5, 5.41) is 17.5. The summed E-state index contributed by atoms with van der Waals surface area (Å²) in [7, 11) is -3.37. The summed E-state index contributed by atoms with van der Waals surface area (Å²) in [6.45, 7) is 1.76. The highest BCUT2D eigenvalue weighted by Gasteiger charge is 2.10. The van der Waals surface area contributed by atoms with Gasteiger partial charge >= 0.3 is 0 Å². The van der Waals surface area contributed by atoms with Gasteiger partial charge in [0.25, 0.3) is 0 Å². The number of hydrogen-bond donors (Lipinski definition) is 1. The summed E-state index contributed by atoms with van der Waals surface area (Å²) in [5.74, 6) is 0.0227. The monoisotopic (exact) mass is 249 g/mol. The van der Waals surface area contributed by atoms with E-state index in [2.05, 4.69) is 4.72 Å². The van der Waals surface area contributed by atoms with Gasteiger partial charge in [-0.3, -0.25) is 4.72 Å². The van der Waals surface area contributed by atoms with E-state index in [1.54, 1.807) is 6.92 Å². The Kier molecular flexibility index (Phi) is 4.08.